The number of pyridine rings is 1. The Morgan fingerprint density at radius 3 is 2.37 bits per heavy atom. The number of allylic oxidation sites excluding steroid dienone is 1. The molecular weight excluding hydrogens is 494 g/mol. The molecule has 0 radical (unpaired) electrons. The van der Waals surface area contributed by atoms with Gasteiger partial charge in [-0.05, 0) is 72.4 Å². The van der Waals surface area contributed by atoms with Gasteiger partial charge < -0.3 is 18.6 Å². The first-order valence-electron chi connectivity index (χ1n) is 14.9. The van der Waals surface area contributed by atoms with E-state index in [1.54, 1.807) is 0 Å². The molecule has 0 N–H and O–H groups in total. The van der Waals surface area contributed by atoms with Crippen molar-refractivity contribution < 1.29 is 23.4 Å². The van der Waals surface area contributed by atoms with Gasteiger partial charge in [-0.15, -0.1) is 0 Å². The van der Waals surface area contributed by atoms with Gasteiger partial charge in [0, 0.05) is 18.8 Å². The van der Waals surface area contributed by atoms with Gasteiger partial charge in [-0.25, -0.2) is 0 Å². The maximum atomic E-state index is 12.8. The first kappa shape index (κ1) is 27.8. The first-order valence-corrected chi connectivity index (χ1v) is 17.0. The molecule has 2 aliphatic heterocycles. The molecule has 5 rings (SSSR count). The average molecular weight is 542 g/mol. The molecule has 6 atom stereocenters. The van der Waals surface area contributed by atoms with E-state index < -0.39 is 14.1 Å². The zero-order valence-electron chi connectivity index (χ0n) is 24.3. The maximum Gasteiger partial charge on any atom is 0.309 e. The highest BCUT2D eigenvalue weighted by Gasteiger charge is 2.57. The summed E-state index contributed by atoms with van der Waals surface area (Å²) in [6, 6.07) is 4.15. The predicted molar refractivity (Wildman–Crippen MR) is 151 cm³/mol. The molecule has 4 fully saturated rings. The Bertz CT molecular complexity index is 994. The van der Waals surface area contributed by atoms with E-state index in [4.69, 9.17) is 23.6 Å². The van der Waals surface area contributed by atoms with Crippen molar-refractivity contribution >= 4 is 20.4 Å². The normalized spacial score (nSPS) is 32.8. The van der Waals surface area contributed by atoms with Crippen molar-refractivity contribution in [2.24, 2.45) is 29.6 Å². The van der Waals surface area contributed by atoms with Crippen LogP contribution < -0.4 is 4.43 Å². The number of hydrogen-bond acceptors (Lipinski definition) is 6. The number of hydrogen-bond donors (Lipinski definition) is 0. The molecule has 2 aliphatic carbocycles. The Morgan fingerprint density at radius 1 is 1.08 bits per heavy atom. The van der Waals surface area contributed by atoms with Crippen LogP contribution in [0.1, 0.15) is 79.8 Å². The third-order valence-corrected chi connectivity index (χ3v) is 16.2. The number of carbonyl (C=O) groups is 1. The van der Waals surface area contributed by atoms with Crippen LogP contribution >= 0.6 is 0 Å². The fourth-order valence-corrected chi connectivity index (χ4v) is 13.9. The van der Waals surface area contributed by atoms with Crippen molar-refractivity contribution in [2.45, 2.75) is 103 Å². The lowest BCUT2D eigenvalue weighted by molar-refractivity contribution is -0.204. The highest BCUT2D eigenvalue weighted by molar-refractivity contribution is 6.78. The smallest absolute Gasteiger partial charge is 0.309 e. The van der Waals surface area contributed by atoms with E-state index in [2.05, 4.69) is 72.8 Å². The van der Waals surface area contributed by atoms with Crippen molar-refractivity contribution in [1.82, 2.24) is 4.98 Å². The highest BCUT2D eigenvalue weighted by atomic mass is 28.4. The average Bonchev–Trinajstić information content (AvgIpc) is 3.43. The standard InChI is InChI=1S/C31H47NO5Si/c1-19(2)38(20(3)4,21(5)6)37-25-10-8-24(32-18-25)9-11-27-26-12-13-31(34-14-15-35-31)17-23(26)16-28-29(27)22(7)36-30(28)33/h8-11,18-23,26-29H,12-17H2,1-7H3/b11-9+/t22-,23-,26-,27+,28-,29+/m1/s1. The Kier molecular flexibility index (Phi) is 7.84. The van der Waals surface area contributed by atoms with Gasteiger partial charge in [0.1, 0.15) is 11.9 Å². The van der Waals surface area contributed by atoms with Crippen molar-refractivity contribution in [3.8, 4) is 5.75 Å². The van der Waals surface area contributed by atoms with E-state index in [9.17, 15) is 4.79 Å². The van der Waals surface area contributed by atoms with Crippen LogP contribution in [-0.2, 0) is 19.0 Å². The zero-order chi connectivity index (χ0) is 27.2. The largest absolute Gasteiger partial charge is 0.542 e. The summed E-state index contributed by atoms with van der Waals surface area (Å²) in [6.45, 7) is 17.2. The van der Waals surface area contributed by atoms with Gasteiger partial charge in [-0.2, -0.15) is 0 Å². The van der Waals surface area contributed by atoms with Crippen LogP contribution in [0.5, 0.6) is 5.75 Å². The number of carbonyl (C=O) groups excluding carboxylic acids is 1. The topological polar surface area (TPSA) is 66.9 Å². The second-order valence-electron chi connectivity index (χ2n) is 13.1. The maximum absolute atomic E-state index is 12.8. The number of nitrogens with zero attached hydrogens (tertiary/aromatic N) is 1. The first-order chi connectivity index (χ1) is 18.1. The van der Waals surface area contributed by atoms with Gasteiger partial charge in [-0.1, -0.05) is 47.6 Å². The molecule has 2 saturated heterocycles. The lowest BCUT2D eigenvalue weighted by Crippen LogP contribution is -2.50. The number of ether oxygens (including phenoxy) is 3. The van der Waals surface area contributed by atoms with Crippen molar-refractivity contribution in [1.29, 1.82) is 0 Å². The minimum absolute atomic E-state index is 0.0278. The predicted octanol–water partition coefficient (Wildman–Crippen LogP) is 7.01. The summed E-state index contributed by atoms with van der Waals surface area (Å²) in [5.41, 5.74) is 2.47. The molecule has 0 unspecified atom stereocenters. The Labute approximate surface area is 230 Å². The molecule has 6 nitrogen and oxygen atoms in total. The fourth-order valence-electron chi connectivity index (χ4n) is 8.67. The molecule has 0 aromatic carbocycles. The van der Waals surface area contributed by atoms with E-state index in [0.29, 0.717) is 41.7 Å². The third kappa shape index (κ3) is 4.88. The number of rotatable bonds is 7. The molecule has 3 heterocycles. The van der Waals surface area contributed by atoms with Crippen LogP contribution in [0.2, 0.25) is 16.6 Å². The monoisotopic (exact) mass is 541 g/mol. The lowest BCUT2D eigenvalue weighted by atomic mass is 9.56. The second-order valence-corrected chi connectivity index (χ2v) is 18.5. The van der Waals surface area contributed by atoms with E-state index in [-0.39, 0.29) is 29.8 Å². The summed E-state index contributed by atoms with van der Waals surface area (Å²) < 4.78 is 24.7. The van der Waals surface area contributed by atoms with E-state index >= 15 is 0 Å². The van der Waals surface area contributed by atoms with Gasteiger partial charge in [0.25, 0.3) is 8.32 Å². The number of cyclic esters (lactones) is 1. The van der Waals surface area contributed by atoms with Crippen LogP contribution in [0, 0.1) is 29.6 Å². The Balaban J connectivity index is 1.35. The minimum atomic E-state index is -2.02. The molecular formula is C31H47NO5Si. The molecule has 1 spiro atoms. The van der Waals surface area contributed by atoms with E-state index in [1.807, 2.05) is 6.20 Å². The second kappa shape index (κ2) is 10.7. The SMILES string of the molecule is CC(C)[Si](Oc1ccc(/C=C/[C@H]2[C@@H]3CCC4(C[C@H]3C[C@H]3C(=O)O[C@H](C)[C@@H]23)OCCO4)nc1)(C(C)C)C(C)C. The van der Waals surface area contributed by atoms with Crippen LogP contribution in [-0.4, -0.2) is 44.4 Å². The van der Waals surface area contributed by atoms with Crippen molar-refractivity contribution in [2.75, 3.05) is 13.2 Å². The summed E-state index contributed by atoms with van der Waals surface area (Å²) >= 11 is 0. The Hall–Kier alpha value is -1.70. The molecule has 1 aromatic rings. The van der Waals surface area contributed by atoms with Gasteiger partial charge >= 0.3 is 5.97 Å². The minimum Gasteiger partial charge on any atom is -0.542 e. The molecule has 7 heteroatoms. The van der Waals surface area contributed by atoms with Crippen LogP contribution in [0.25, 0.3) is 6.08 Å². The molecule has 0 bridgehead atoms. The molecule has 210 valence electrons. The molecule has 0 amide bonds. The van der Waals surface area contributed by atoms with Crippen molar-refractivity contribution in [3.05, 3.63) is 30.1 Å². The summed E-state index contributed by atoms with van der Waals surface area (Å²) in [6.07, 6.45) is 10.0. The molecule has 38 heavy (non-hydrogen) atoms. The summed E-state index contributed by atoms with van der Waals surface area (Å²) in [4.78, 5) is 17.6. The lowest BCUT2D eigenvalue weighted by Gasteiger charge is -2.49. The number of aromatic nitrogens is 1. The summed E-state index contributed by atoms with van der Waals surface area (Å²) in [7, 11) is -2.02. The van der Waals surface area contributed by atoms with E-state index in [0.717, 1.165) is 37.1 Å². The van der Waals surface area contributed by atoms with Gasteiger partial charge in [-0.3, -0.25) is 9.78 Å². The number of fused-ring (bicyclic) bond motifs is 2. The third-order valence-electron chi connectivity index (χ3n) is 10.2. The number of esters is 1. The highest BCUT2D eigenvalue weighted by Crippen LogP contribution is 2.56. The summed E-state index contributed by atoms with van der Waals surface area (Å²) in [5, 5.41) is 0. The zero-order valence-corrected chi connectivity index (χ0v) is 25.3. The van der Waals surface area contributed by atoms with Crippen LogP contribution in [0.4, 0.5) is 0 Å². The van der Waals surface area contributed by atoms with Gasteiger partial charge in [0.05, 0.1) is 31.0 Å². The summed E-state index contributed by atoms with van der Waals surface area (Å²) in [5.74, 6) is 1.77. The molecule has 4 aliphatic rings. The molecule has 2 saturated carbocycles. The van der Waals surface area contributed by atoms with E-state index in [1.165, 1.54) is 0 Å². The Morgan fingerprint density at radius 2 is 1.76 bits per heavy atom. The van der Waals surface area contributed by atoms with Crippen molar-refractivity contribution in [3.63, 3.8) is 0 Å². The fraction of sp³-hybridized carbons (Fsp3) is 0.742. The van der Waals surface area contributed by atoms with Crippen LogP contribution in [0.15, 0.2) is 24.4 Å². The van der Waals surface area contributed by atoms with Crippen LogP contribution in [0.3, 0.4) is 0 Å². The molecule has 1 aromatic heterocycles. The van der Waals surface area contributed by atoms with Gasteiger partial charge in [0.2, 0.25) is 0 Å². The quantitative estimate of drug-likeness (QED) is 0.273. The van der Waals surface area contributed by atoms with Gasteiger partial charge in [0.15, 0.2) is 5.79 Å².